The monoisotopic (exact) mass is 152 g/mol. The fraction of sp³-hybridized carbons (Fsp3) is 0.818. The van der Waals surface area contributed by atoms with Crippen molar-refractivity contribution in [2.45, 2.75) is 47.0 Å². The molecule has 1 aliphatic carbocycles. The van der Waals surface area contributed by atoms with E-state index in [2.05, 4.69) is 33.8 Å². The minimum Gasteiger partial charge on any atom is -0.0827 e. The van der Waals surface area contributed by atoms with Gasteiger partial charge >= 0.3 is 0 Å². The zero-order valence-electron chi connectivity index (χ0n) is 8.28. The zero-order valence-corrected chi connectivity index (χ0v) is 8.28. The van der Waals surface area contributed by atoms with Crippen LogP contribution < -0.4 is 0 Å². The predicted octanol–water partition coefficient (Wildman–Crippen LogP) is 3.78. The van der Waals surface area contributed by atoms with Gasteiger partial charge in [0.1, 0.15) is 0 Å². The largest absolute Gasteiger partial charge is 0.0827 e. The van der Waals surface area contributed by atoms with Crippen molar-refractivity contribution in [2.75, 3.05) is 0 Å². The molecule has 11 heavy (non-hydrogen) atoms. The van der Waals surface area contributed by atoms with Crippen LogP contribution in [0.3, 0.4) is 0 Å². The average Bonchev–Trinajstić information content (AvgIpc) is 2.08. The van der Waals surface area contributed by atoms with Gasteiger partial charge in [-0.2, -0.15) is 0 Å². The first-order valence-electron chi connectivity index (χ1n) is 4.69. The minimum atomic E-state index is 0.584. The van der Waals surface area contributed by atoms with Crippen LogP contribution in [0.25, 0.3) is 0 Å². The molecule has 0 heteroatoms. The molecule has 0 heterocycles. The van der Waals surface area contributed by atoms with E-state index < -0.39 is 0 Å². The van der Waals surface area contributed by atoms with Gasteiger partial charge in [0.05, 0.1) is 0 Å². The summed E-state index contributed by atoms with van der Waals surface area (Å²) in [5.74, 6) is 0.735. The summed E-state index contributed by atoms with van der Waals surface area (Å²) in [6.07, 6.45) is 6.48. The Labute approximate surface area is 70.7 Å². The Morgan fingerprint density at radius 3 is 2.36 bits per heavy atom. The van der Waals surface area contributed by atoms with E-state index in [-0.39, 0.29) is 0 Å². The van der Waals surface area contributed by atoms with Gasteiger partial charge in [-0.1, -0.05) is 39.3 Å². The third-order valence-corrected chi connectivity index (χ3v) is 2.40. The van der Waals surface area contributed by atoms with Gasteiger partial charge in [0.15, 0.2) is 0 Å². The van der Waals surface area contributed by atoms with Crippen LogP contribution in [0.4, 0.5) is 0 Å². The molecule has 0 unspecified atom stereocenters. The highest BCUT2D eigenvalue weighted by atomic mass is 14.3. The summed E-state index contributed by atoms with van der Waals surface area (Å²) in [7, 11) is 0. The quantitative estimate of drug-likeness (QED) is 0.502. The van der Waals surface area contributed by atoms with Crippen LogP contribution in [-0.2, 0) is 0 Å². The van der Waals surface area contributed by atoms with Crippen LogP contribution in [0.1, 0.15) is 47.0 Å². The normalized spacial score (nSPS) is 26.8. The SMILES string of the molecule is CC(C)/C=C1\CCC(C)(C)C1. The highest BCUT2D eigenvalue weighted by Crippen LogP contribution is 2.40. The molecule has 0 aromatic heterocycles. The lowest BCUT2D eigenvalue weighted by Crippen LogP contribution is -2.02. The molecule has 1 aliphatic rings. The van der Waals surface area contributed by atoms with E-state index in [1.165, 1.54) is 19.3 Å². The number of allylic oxidation sites excluding steroid dienone is 2. The smallest absolute Gasteiger partial charge is 0.0268 e. The summed E-state index contributed by atoms with van der Waals surface area (Å²) in [6, 6.07) is 0. The predicted molar refractivity (Wildman–Crippen MR) is 50.6 cm³/mol. The molecule has 0 aromatic carbocycles. The fourth-order valence-electron chi connectivity index (χ4n) is 1.90. The van der Waals surface area contributed by atoms with Crippen molar-refractivity contribution < 1.29 is 0 Å². The van der Waals surface area contributed by atoms with Gasteiger partial charge in [0.2, 0.25) is 0 Å². The van der Waals surface area contributed by atoms with Gasteiger partial charge in [-0.3, -0.25) is 0 Å². The second-order valence-electron chi connectivity index (χ2n) is 4.91. The molecule has 0 bridgehead atoms. The maximum absolute atomic E-state index is 2.44. The molecule has 0 radical (unpaired) electrons. The topological polar surface area (TPSA) is 0 Å². The van der Waals surface area contributed by atoms with E-state index in [0.29, 0.717) is 5.41 Å². The summed E-state index contributed by atoms with van der Waals surface area (Å²) in [5, 5.41) is 0. The number of hydrogen-bond acceptors (Lipinski definition) is 0. The Balaban J connectivity index is 2.54. The lowest BCUT2D eigenvalue weighted by atomic mass is 9.91. The third-order valence-electron chi connectivity index (χ3n) is 2.40. The van der Waals surface area contributed by atoms with E-state index in [1.54, 1.807) is 5.57 Å². The van der Waals surface area contributed by atoms with Gasteiger partial charge in [-0.25, -0.2) is 0 Å². The standard InChI is InChI=1S/C11H20/c1-9(2)7-10-5-6-11(3,4)8-10/h7,9H,5-6,8H2,1-4H3/b10-7+. The molecule has 1 fully saturated rings. The van der Waals surface area contributed by atoms with Crippen LogP contribution in [-0.4, -0.2) is 0 Å². The summed E-state index contributed by atoms with van der Waals surface area (Å²) in [4.78, 5) is 0. The molecular weight excluding hydrogens is 132 g/mol. The summed E-state index contributed by atoms with van der Waals surface area (Å²) in [6.45, 7) is 9.26. The maximum atomic E-state index is 2.44. The summed E-state index contributed by atoms with van der Waals surface area (Å²) in [5.41, 5.74) is 2.27. The van der Waals surface area contributed by atoms with Crippen LogP contribution in [0.15, 0.2) is 11.6 Å². The maximum Gasteiger partial charge on any atom is -0.0268 e. The average molecular weight is 152 g/mol. The molecule has 0 atom stereocenters. The first-order valence-corrected chi connectivity index (χ1v) is 4.69. The fourth-order valence-corrected chi connectivity index (χ4v) is 1.90. The van der Waals surface area contributed by atoms with Gasteiger partial charge in [0, 0.05) is 0 Å². The lowest BCUT2D eigenvalue weighted by Gasteiger charge is -2.14. The van der Waals surface area contributed by atoms with Crippen LogP contribution in [0.5, 0.6) is 0 Å². The van der Waals surface area contributed by atoms with Crippen LogP contribution >= 0.6 is 0 Å². The molecule has 0 nitrogen and oxygen atoms in total. The van der Waals surface area contributed by atoms with Gasteiger partial charge < -0.3 is 0 Å². The molecule has 0 spiro atoms. The number of rotatable bonds is 1. The molecule has 0 amide bonds. The Kier molecular flexibility index (Phi) is 2.41. The highest BCUT2D eigenvalue weighted by molar-refractivity contribution is 5.11. The summed E-state index contributed by atoms with van der Waals surface area (Å²) >= 11 is 0. The van der Waals surface area contributed by atoms with Crippen molar-refractivity contribution >= 4 is 0 Å². The molecule has 0 N–H and O–H groups in total. The zero-order chi connectivity index (χ0) is 8.48. The first-order chi connectivity index (χ1) is 4.99. The van der Waals surface area contributed by atoms with Crippen LogP contribution in [0, 0.1) is 11.3 Å². The molecule has 0 saturated heterocycles. The van der Waals surface area contributed by atoms with Crippen molar-refractivity contribution in [1.82, 2.24) is 0 Å². The van der Waals surface area contributed by atoms with Crippen molar-refractivity contribution in [2.24, 2.45) is 11.3 Å². The molecular formula is C11H20. The molecule has 1 saturated carbocycles. The Morgan fingerprint density at radius 2 is 2.00 bits per heavy atom. The Hall–Kier alpha value is -0.260. The van der Waals surface area contributed by atoms with E-state index in [0.717, 1.165) is 5.92 Å². The highest BCUT2D eigenvalue weighted by Gasteiger charge is 2.26. The van der Waals surface area contributed by atoms with Gasteiger partial charge in [-0.15, -0.1) is 0 Å². The molecule has 0 aliphatic heterocycles. The van der Waals surface area contributed by atoms with E-state index in [4.69, 9.17) is 0 Å². The van der Waals surface area contributed by atoms with E-state index >= 15 is 0 Å². The molecule has 1 rings (SSSR count). The second kappa shape index (κ2) is 3.00. The van der Waals surface area contributed by atoms with E-state index in [1.807, 2.05) is 0 Å². The summed E-state index contributed by atoms with van der Waals surface area (Å²) < 4.78 is 0. The molecule has 0 aromatic rings. The third kappa shape index (κ3) is 2.69. The second-order valence-corrected chi connectivity index (χ2v) is 4.91. The van der Waals surface area contributed by atoms with Crippen molar-refractivity contribution in [1.29, 1.82) is 0 Å². The van der Waals surface area contributed by atoms with Gasteiger partial charge in [0.25, 0.3) is 0 Å². The van der Waals surface area contributed by atoms with Crippen molar-refractivity contribution in [3.05, 3.63) is 11.6 Å². The van der Waals surface area contributed by atoms with Gasteiger partial charge in [-0.05, 0) is 30.6 Å². The Morgan fingerprint density at radius 1 is 1.36 bits per heavy atom. The van der Waals surface area contributed by atoms with Crippen LogP contribution in [0.2, 0.25) is 0 Å². The lowest BCUT2D eigenvalue weighted by molar-refractivity contribution is 0.389. The number of hydrogen-bond donors (Lipinski definition) is 0. The molecule has 64 valence electrons. The van der Waals surface area contributed by atoms with Crippen molar-refractivity contribution in [3.63, 3.8) is 0 Å². The Bertz CT molecular complexity index is 161. The van der Waals surface area contributed by atoms with E-state index in [9.17, 15) is 0 Å². The first kappa shape index (κ1) is 8.83. The van der Waals surface area contributed by atoms with Crippen molar-refractivity contribution in [3.8, 4) is 0 Å². The minimum absolute atomic E-state index is 0.584.